The maximum absolute atomic E-state index is 11.4. The summed E-state index contributed by atoms with van der Waals surface area (Å²) >= 11 is 6.09. The number of ether oxygens (including phenoxy) is 1. The van der Waals surface area contributed by atoms with Crippen LogP contribution in [0.15, 0.2) is 30.3 Å². The molecule has 0 spiro atoms. The summed E-state index contributed by atoms with van der Waals surface area (Å²) in [5.74, 6) is 2.51. The van der Waals surface area contributed by atoms with Gasteiger partial charge in [-0.15, -0.1) is 6.42 Å². The molecule has 1 fully saturated rings. The second kappa shape index (κ2) is 5.95. The number of carbonyl (C=O) groups is 1. The van der Waals surface area contributed by atoms with E-state index in [4.69, 9.17) is 23.0 Å². The molecule has 1 aliphatic heterocycles. The van der Waals surface area contributed by atoms with Crippen molar-refractivity contribution < 1.29 is 9.53 Å². The first-order valence-electron chi connectivity index (χ1n) is 7.16. The highest BCUT2D eigenvalue weighted by Gasteiger charge is 2.49. The molecule has 0 radical (unpaired) electrons. The normalized spacial score (nSPS) is 35.7. The second-order valence-corrected chi connectivity index (χ2v) is 11.2. The zero-order valence-corrected chi connectivity index (χ0v) is 14.4. The summed E-state index contributed by atoms with van der Waals surface area (Å²) < 4.78 is 5.54. The summed E-state index contributed by atoms with van der Waals surface area (Å²) in [5.41, 5.74) is -0.538. The van der Waals surface area contributed by atoms with Crippen LogP contribution in [-0.4, -0.2) is 23.4 Å². The van der Waals surface area contributed by atoms with Crippen molar-refractivity contribution in [3.63, 3.8) is 0 Å². The Morgan fingerprint density at radius 2 is 2.05 bits per heavy atom. The van der Waals surface area contributed by atoms with Gasteiger partial charge in [0.2, 0.25) is 0 Å². The molecule has 0 aliphatic carbocycles. The SMILES string of the molecule is C#C[C@@]1(OC(C)=O)C[C@@H](C)[P@@](=S)(c2ccccc2)C[C@H]1C. The van der Waals surface area contributed by atoms with Crippen LogP contribution >= 0.6 is 6.04 Å². The highest BCUT2D eigenvalue weighted by Crippen LogP contribution is 2.59. The average Bonchev–Trinajstić information content (AvgIpc) is 2.45. The van der Waals surface area contributed by atoms with E-state index >= 15 is 0 Å². The molecule has 1 aliphatic rings. The molecule has 0 unspecified atom stereocenters. The summed E-state index contributed by atoms with van der Waals surface area (Å²) in [6, 6.07) is 8.63. The third-order valence-corrected chi connectivity index (χ3v) is 10.4. The van der Waals surface area contributed by atoms with Crippen LogP contribution in [0.4, 0.5) is 0 Å². The maximum atomic E-state index is 11.4. The molecule has 0 N–H and O–H groups in total. The number of carbonyl (C=O) groups excluding carboxylic acids is 1. The molecule has 4 atom stereocenters. The van der Waals surface area contributed by atoms with Crippen LogP contribution in [-0.2, 0) is 21.3 Å². The predicted octanol–water partition coefficient (Wildman–Crippen LogP) is 3.15. The zero-order chi connectivity index (χ0) is 15.7. The zero-order valence-electron chi connectivity index (χ0n) is 12.7. The Bertz CT molecular complexity index is 619. The van der Waals surface area contributed by atoms with Crippen molar-refractivity contribution in [1.29, 1.82) is 0 Å². The Labute approximate surface area is 132 Å². The number of terminal acetylenes is 1. The highest BCUT2D eigenvalue weighted by molar-refractivity contribution is 8.18. The lowest BCUT2D eigenvalue weighted by atomic mass is 9.85. The fraction of sp³-hybridized carbons (Fsp3) is 0.471. The van der Waals surface area contributed by atoms with Crippen molar-refractivity contribution in [1.82, 2.24) is 0 Å². The minimum absolute atomic E-state index is 0.0774. The third-order valence-electron chi connectivity index (χ3n) is 4.42. The van der Waals surface area contributed by atoms with Gasteiger partial charge in [0.1, 0.15) is 0 Å². The lowest BCUT2D eigenvalue weighted by Crippen LogP contribution is -2.48. The lowest BCUT2D eigenvalue weighted by molar-refractivity contribution is -0.155. The van der Waals surface area contributed by atoms with Gasteiger partial charge in [0.05, 0.1) is 0 Å². The van der Waals surface area contributed by atoms with Gasteiger partial charge in [0.25, 0.3) is 0 Å². The molecule has 1 saturated heterocycles. The van der Waals surface area contributed by atoms with Crippen molar-refractivity contribution in [3.05, 3.63) is 30.3 Å². The average molecular weight is 320 g/mol. The minimum Gasteiger partial charge on any atom is -0.446 e. The van der Waals surface area contributed by atoms with Crippen molar-refractivity contribution in [2.45, 2.75) is 38.5 Å². The summed E-state index contributed by atoms with van der Waals surface area (Å²) in [6.07, 6.45) is 7.21. The van der Waals surface area contributed by atoms with E-state index in [2.05, 4.69) is 31.9 Å². The minimum atomic E-state index is -1.70. The summed E-state index contributed by atoms with van der Waals surface area (Å²) in [5, 5.41) is 1.26. The van der Waals surface area contributed by atoms with Gasteiger partial charge in [0.15, 0.2) is 5.60 Å². The maximum Gasteiger partial charge on any atom is 0.304 e. The van der Waals surface area contributed by atoms with Crippen molar-refractivity contribution >= 4 is 29.1 Å². The molecule has 112 valence electrons. The molecule has 1 heterocycles. The first-order chi connectivity index (χ1) is 9.84. The Morgan fingerprint density at radius 1 is 1.43 bits per heavy atom. The third kappa shape index (κ3) is 2.93. The van der Waals surface area contributed by atoms with Gasteiger partial charge in [0, 0.05) is 19.3 Å². The van der Waals surface area contributed by atoms with Crippen LogP contribution in [0.1, 0.15) is 27.2 Å². The smallest absolute Gasteiger partial charge is 0.304 e. The molecule has 1 aromatic rings. The Balaban J connectivity index is 2.37. The van der Waals surface area contributed by atoms with Crippen LogP contribution < -0.4 is 5.30 Å². The largest absolute Gasteiger partial charge is 0.446 e. The number of esters is 1. The fourth-order valence-electron chi connectivity index (χ4n) is 3.19. The predicted molar refractivity (Wildman–Crippen MR) is 91.8 cm³/mol. The van der Waals surface area contributed by atoms with Gasteiger partial charge >= 0.3 is 5.97 Å². The van der Waals surface area contributed by atoms with E-state index in [-0.39, 0.29) is 17.5 Å². The quantitative estimate of drug-likeness (QED) is 0.476. The standard InChI is InChI=1S/C17H21O2PS/c1-5-17(19-15(4)18)11-14(3)20(21,12-13(17)2)16-9-7-6-8-10-16/h1,6-10,13-14H,11-12H2,2-4H3/t13-,14-,17-,20-/m1/s1. The van der Waals surface area contributed by atoms with Crippen LogP contribution in [0.25, 0.3) is 0 Å². The molecule has 4 heteroatoms. The van der Waals surface area contributed by atoms with Crippen LogP contribution in [0.2, 0.25) is 0 Å². The van der Waals surface area contributed by atoms with Crippen LogP contribution in [0.5, 0.6) is 0 Å². The molecule has 2 rings (SSSR count). The van der Waals surface area contributed by atoms with Crippen molar-refractivity contribution in [2.24, 2.45) is 5.92 Å². The van der Waals surface area contributed by atoms with Gasteiger partial charge in [-0.2, -0.15) is 0 Å². The van der Waals surface area contributed by atoms with Gasteiger partial charge in [-0.05, 0) is 23.2 Å². The molecule has 21 heavy (non-hydrogen) atoms. The van der Waals surface area contributed by atoms with E-state index in [1.165, 1.54) is 12.2 Å². The summed E-state index contributed by atoms with van der Waals surface area (Å²) in [7, 11) is 0. The molecule has 0 saturated carbocycles. The van der Waals surface area contributed by atoms with Gasteiger partial charge in [-0.3, -0.25) is 4.79 Å². The molecule has 0 bridgehead atoms. The molecule has 0 aromatic heterocycles. The molecule has 2 nitrogen and oxygen atoms in total. The second-order valence-electron chi connectivity index (χ2n) is 5.90. The van der Waals surface area contributed by atoms with Gasteiger partial charge in [-0.1, -0.05) is 61.9 Å². The van der Waals surface area contributed by atoms with E-state index in [1.807, 2.05) is 18.2 Å². The number of benzene rings is 1. The van der Waals surface area contributed by atoms with E-state index in [0.29, 0.717) is 6.42 Å². The number of rotatable bonds is 2. The Kier molecular flexibility index (Phi) is 4.61. The lowest BCUT2D eigenvalue weighted by Gasteiger charge is -2.46. The first kappa shape index (κ1) is 16.3. The Morgan fingerprint density at radius 3 is 2.57 bits per heavy atom. The van der Waals surface area contributed by atoms with E-state index < -0.39 is 11.6 Å². The van der Waals surface area contributed by atoms with E-state index in [0.717, 1.165) is 6.16 Å². The molecule has 0 amide bonds. The molecular formula is C17H21O2PS. The number of hydrogen-bond acceptors (Lipinski definition) is 3. The highest BCUT2D eigenvalue weighted by atomic mass is 32.4. The monoisotopic (exact) mass is 320 g/mol. The van der Waals surface area contributed by atoms with Crippen molar-refractivity contribution in [3.8, 4) is 12.3 Å². The summed E-state index contributed by atoms with van der Waals surface area (Å²) in [6.45, 7) is 5.62. The topological polar surface area (TPSA) is 26.3 Å². The van der Waals surface area contributed by atoms with Gasteiger partial charge in [-0.25, -0.2) is 0 Å². The van der Waals surface area contributed by atoms with Crippen LogP contribution in [0.3, 0.4) is 0 Å². The van der Waals surface area contributed by atoms with Crippen molar-refractivity contribution in [2.75, 3.05) is 6.16 Å². The Hall–Kier alpha value is -1.10. The molecular weight excluding hydrogens is 299 g/mol. The number of hydrogen-bond donors (Lipinski definition) is 0. The van der Waals surface area contributed by atoms with E-state index in [1.54, 1.807) is 0 Å². The van der Waals surface area contributed by atoms with E-state index in [9.17, 15) is 4.79 Å². The fourth-order valence-corrected chi connectivity index (χ4v) is 7.88. The first-order valence-corrected chi connectivity index (χ1v) is 10.2. The van der Waals surface area contributed by atoms with Crippen LogP contribution in [0, 0.1) is 18.3 Å². The summed E-state index contributed by atoms with van der Waals surface area (Å²) in [4.78, 5) is 11.4. The molecule has 1 aromatic carbocycles. The van der Waals surface area contributed by atoms with Gasteiger partial charge < -0.3 is 4.74 Å².